The SMILES string of the molecule is O=C(C1CCN(c2cc(N3CCCC3)ncn2)CC1)N1CCCC1. The van der Waals surface area contributed by atoms with Crippen molar-refractivity contribution in [2.45, 2.75) is 38.5 Å². The van der Waals surface area contributed by atoms with Crippen molar-refractivity contribution in [1.82, 2.24) is 14.9 Å². The van der Waals surface area contributed by atoms with Crippen LogP contribution in [0.25, 0.3) is 0 Å². The predicted molar refractivity (Wildman–Crippen MR) is 94.2 cm³/mol. The Hall–Kier alpha value is -1.85. The summed E-state index contributed by atoms with van der Waals surface area (Å²) in [6, 6.07) is 2.12. The number of piperidine rings is 1. The van der Waals surface area contributed by atoms with E-state index in [1.165, 1.54) is 25.7 Å². The maximum atomic E-state index is 12.5. The minimum atomic E-state index is 0.208. The molecule has 4 heterocycles. The van der Waals surface area contributed by atoms with Gasteiger partial charge in [-0.25, -0.2) is 9.97 Å². The van der Waals surface area contributed by atoms with E-state index in [2.05, 4.69) is 30.7 Å². The summed E-state index contributed by atoms with van der Waals surface area (Å²) in [7, 11) is 0. The summed E-state index contributed by atoms with van der Waals surface area (Å²) < 4.78 is 0. The van der Waals surface area contributed by atoms with Crippen LogP contribution in [0.2, 0.25) is 0 Å². The molecule has 24 heavy (non-hydrogen) atoms. The van der Waals surface area contributed by atoms with E-state index < -0.39 is 0 Å². The van der Waals surface area contributed by atoms with Gasteiger partial charge in [-0.1, -0.05) is 0 Å². The lowest BCUT2D eigenvalue weighted by molar-refractivity contribution is -0.135. The molecule has 0 bridgehead atoms. The van der Waals surface area contributed by atoms with Gasteiger partial charge in [0.15, 0.2) is 0 Å². The number of hydrogen-bond donors (Lipinski definition) is 0. The van der Waals surface area contributed by atoms with E-state index in [9.17, 15) is 4.79 Å². The monoisotopic (exact) mass is 329 g/mol. The third-order valence-electron chi connectivity index (χ3n) is 5.65. The van der Waals surface area contributed by atoms with Crippen LogP contribution in [-0.4, -0.2) is 60.0 Å². The number of hydrogen-bond acceptors (Lipinski definition) is 5. The second-order valence-corrected chi connectivity index (χ2v) is 7.22. The Morgan fingerprint density at radius 1 is 0.833 bits per heavy atom. The highest BCUT2D eigenvalue weighted by Crippen LogP contribution is 2.27. The molecule has 1 aromatic rings. The molecule has 0 unspecified atom stereocenters. The summed E-state index contributed by atoms with van der Waals surface area (Å²) in [6.45, 7) is 5.96. The van der Waals surface area contributed by atoms with Gasteiger partial charge < -0.3 is 14.7 Å². The van der Waals surface area contributed by atoms with Gasteiger partial charge in [0.1, 0.15) is 18.0 Å². The summed E-state index contributed by atoms with van der Waals surface area (Å²) in [6.07, 6.45) is 8.42. The van der Waals surface area contributed by atoms with Gasteiger partial charge >= 0.3 is 0 Å². The molecule has 6 heteroatoms. The molecule has 0 saturated carbocycles. The Kier molecular flexibility index (Phi) is 4.54. The molecular weight excluding hydrogens is 302 g/mol. The van der Waals surface area contributed by atoms with E-state index in [0.29, 0.717) is 5.91 Å². The van der Waals surface area contributed by atoms with Crippen LogP contribution in [0.3, 0.4) is 0 Å². The molecule has 130 valence electrons. The van der Waals surface area contributed by atoms with Crippen molar-refractivity contribution in [3.63, 3.8) is 0 Å². The molecule has 0 N–H and O–H groups in total. The first-order valence-corrected chi connectivity index (χ1v) is 9.42. The summed E-state index contributed by atoms with van der Waals surface area (Å²) in [4.78, 5) is 28.2. The van der Waals surface area contributed by atoms with Crippen molar-refractivity contribution < 1.29 is 4.79 Å². The fourth-order valence-electron chi connectivity index (χ4n) is 4.18. The number of aromatic nitrogens is 2. The summed E-state index contributed by atoms with van der Waals surface area (Å²) in [5.41, 5.74) is 0. The number of rotatable bonds is 3. The van der Waals surface area contributed by atoms with Crippen LogP contribution < -0.4 is 9.80 Å². The number of likely N-dealkylation sites (tertiary alicyclic amines) is 1. The summed E-state index contributed by atoms with van der Waals surface area (Å²) in [5, 5.41) is 0. The molecule has 3 aliphatic rings. The first-order chi connectivity index (χ1) is 11.8. The maximum absolute atomic E-state index is 12.5. The highest BCUT2D eigenvalue weighted by atomic mass is 16.2. The van der Waals surface area contributed by atoms with E-state index >= 15 is 0 Å². The lowest BCUT2D eigenvalue weighted by atomic mass is 9.95. The van der Waals surface area contributed by atoms with Gasteiger partial charge in [0.05, 0.1) is 0 Å². The van der Waals surface area contributed by atoms with Gasteiger partial charge in [-0.3, -0.25) is 4.79 Å². The Bertz CT molecular complexity index is 573. The van der Waals surface area contributed by atoms with Crippen molar-refractivity contribution in [2.24, 2.45) is 5.92 Å². The molecule has 3 fully saturated rings. The van der Waals surface area contributed by atoms with Crippen LogP contribution >= 0.6 is 0 Å². The Balaban J connectivity index is 1.37. The highest BCUT2D eigenvalue weighted by molar-refractivity contribution is 5.79. The summed E-state index contributed by atoms with van der Waals surface area (Å²) in [5.74, 6) is 2.65. The second-order valence-electron chi connectivity index (χ2n) is 7.22. The zero-order chi connectivity index (χ0) is 16.4. The van der Waals surface area contributed by atoms with Gasteiger partial charge in [0.25, 0.3) is 0 Å². The van der Waals surface area contributed by atoms with Crippen molar-refractivity contribution in [1.29, 1.82) is 0 Å². The first-order valence-electron chi connectivity index (χ1n) is 9.42. The smallest absolute Gasteiger partial charge is 0.225 e. The second kappa shape index (κ2) is 6.95. The van der Waals surface area contributed by atoms with Crippen LogP contribution in [0.5, 0.6) is 0 Å². The number of carbonyl (C=O) groups is 1. The molecule has 0 atom stereocenters. The zero-order valence-corrected chi connectivity index (χ0v) is 14.4. The predicted octanol–water partition coefficient (Wildman–Crippen LogP) is 1.92. The molecule has 1 amide bonds. The van der Waals surface area contributed by atoms with E-state index in [4.69, 9.17) is 0 Å². The molecule has 0 radical (unpaired) electrons. The maximum Gasteiger partial charge on any atom is 0.225 e. The van der Waals surface area contributed by atoms with Gasteiger partial charge in [-0.2, -0.15) is 0 Å². The van der Waals surface area contributed by atoms with E-state index in [1.54, 1.807) is 6.33 Å². The fraction of sp³-hybridized carbons (Fsp3) is 0.722. The molecule has 0 aromatic carbocycles. The first kappa shape index (κ1) is 15.7. The number of carbonyl (C=O) groups excluding carboxylic acids is 1. The topological polar surface area (TPSA) is 52.6 Å². The van der Waals surface area contributed by atoms with Crippen molar-refractivity contribution in [2.75, 3.05) is 49.1 Å². The van der Waals surface area contributed by atoms with Crippen LogP contribution in [0.15, 0.2) is 12.4 Å². The van der Waals surface area contributed by atoms with Crippen LogP contribution in [0.4, 0.5) is 11.6 Å². The third-order valence-corrected chi connectivity index (χ3v) is 5.65. The molecule has 6 nitrogen and oxygen atoms in total. The van der Waals surface area contributed by atoms with Crippen molar-refractivity contribution in [3.05, 3.63) is 12.4 Å². The molecule has 1 aromatic heterocycles. The molecule has 0 aliphatic carbocycles. The average Bonchev–Trinajstić information content (AvgIpc) is 3.35. The Morgan fingerprint density at radius 3 is 2.00 bits per heavy atom. The highest BCUT2D eigenvalue weighted by Gasteiger charge is 2.30. The van der Waals surface area contributed by atoms with Gasteiger partial charge in [-0.05, 0) is 38.5 Å². The van der Waals surface area contributed by atoms with Crippen molar-refractivity contribution in [3.8, 4) is 0 Å². The van der Waals surface area contributed by atoms with E-state index in [-0.39, 0.29) is 5.92 Å². The van der Waals surface area contributed by atoms with E-state index in [1.807, 2.05) is 0 Å². The largest absolute Gasteiger partial charge is 0.356 e. The van der Waals surface area contributed by atoms with Gasteiger partial charge in [0, 0.05) is 51.3 Å². The fourth-order valence-corrected chi connectivity index (χ4v) is 4.18. The molecular formula is C18H27N5O. The molecule has 4 rings (SSSR count). The molecule has 0 spiro atoms. The van der Waals surface area contributed by atoms with Crippen LogP contribution in [-0.2, 0) is 4.79 Å². The molecule has 3 saturated heterocycles. The standard InChI is InChI=1S/C18H27N5O/c24-18(23-9-3-4-10-23)15-5-11-22(12-6-15)17-13-16(19-14-20-17)21-7-1-2-8-21/h13-15H,1-12H2. The third kappa shape index (κ3) is 3.19. The average molecular weight is 329 g/mol. The number of nitrogens with zero attached hydrogens (tertiary/aromatic N) is 5. The van der Waals surface area contributed by atoms with E-state index in [0.717, 1.165) is 63.7 Å². The minimum absolute atomic E-state index is 0.208. The summed E-state index contributed by atoms with van der Waals surface area (Å²) >= 11 is 0. The van der Waals surface area contributed by atoms with Gasteiger partial charge in [-0.15, -0.1) is 0 Å². The lowest BCUT2D eigenvalue weighted by Gasteiger charge is -2.34. The van der Waals surface area contributed by atoms with Crippen LogP contribution in [0.1, 0.15) is 38.5 Å². The van der Waals surface area contributed by atoms with Gasteiger partial charge in [0.2, 0.25) is 5.91 Å². The molecule has 3 aliphatic heterocycles. The Morgan fingerprint density at radius 2 is 1.38 bits per heavy atom. The Labute approximate surface area is 143 Å². The number of amides is 1. The quantitative estimate of drug-likeness (QED) is 0.848. The minimum Gasteiger partial charge on any atom is -0.356 e. The normalized spacial score (nSPS) is 22.4. The zero-order valence-electron chi connectivity index (χ0n) is 14.4. The number of anilines is 2. The van der Waals surface area contributed by atoms with Crippen LogP contribution in [0, 0.1) is 5.92 Å². The lowest BCUT2D eigenvalue weighted by Crippen LogP contribution is -2.42. The van der Waals surface area contributed by atoms with Crippen molar-refractivity contribution >= 4 is 17.5 Å².